The zero-order chi connectivity index (χ0) is 23.3. The molecule has 0 bridgehead atoms. The molecular weight excluding hydrogens is 443 g/mol. The molecule has 0 aliphatic rings. The molecule has 1 N–H and O–H groups in total. The van der Waals surface area contributed by atoms with E-state index in [0.717, 1.165) is 4.57 Å². The number of Topliss-reactive ketones (excluding diaryl/α,β-unsaturated/α-hetero) is 1. The summed E-state index contributed by atoms with van der Waals surface area (Å²) < 4.78 is 12.1. The lowest BCUT2D eigenvalue weighted by Crippen LogP contribution is -2.31. The molecule has 0 aliphatic heterocycles. The van der Waals surface area contributed by atoms with E-state index in [2.05, 4.69) is 0 Å². The van der Waals surface area contributed by atoms with Crippen LogP contribution in [-0.4, -0.2) is 34.3 Å². The summed E-state index contributed by atoms with van der Waals surface area (Å²) in [5.41, 5.74) is -0.906. The van der Waals surface area contributed by atoms with Gasteiger partial charge in [-0.3, -0.25) is 14.2 Å². The number of aromatic hydroxyl groups is 1. The van der Waals surface area contributed by atoms with Gasteiger partial charge in [0.1, 0.15) is 17.4 Å². The van der Waals surface area contributed by atoms with Gasteiger partial charge >= 0.3 is 0 Å². The van der Waals surface area contributed by atoms with E-state index in [1.54, 1.807) is 6.07 Å². The number of carbonyl (C=O) groups excluding carboxylic acids is 1. The molecule has 0 radical (unpaired) electrons. The molecule has 0 saturated carbocycles. The van der Waals surface area contributed by atoms with Gasteiger partial charge in [0, 0.05) is 18.2 Å². The predicted molar refractivity (Wildman–Crippen MR) is 118 cm³/mol. The van der Waals surface area contributed by atoms with Gasteiger partial charge in [-0.2, -0.15) is 5.26 Å². The Bertz CT molecular complexity index is 1070. The van der Waals surface area contributed by atoms with Crippen LogP contribution in [0.1, 0.15) is 48.7 Å². The minimum atomic E-state index is -1.05. The van der Waals surface area contributed by atoms with Gasteiger partial charge in [0.15, 0.2) is 6.10 Å². The first-order valence-corrected chi connectivity index (χ1v) is 10.5. The van der Waals surface area contributed by atoms with Crippen molar-refractivity contribution >= 4 is 29.0 Å². The molecule has 2 aromatic rings. The highest BCUT2D eigenvalue weighted by atomic mass is 35.5. The van der Waals surface area contributed by atoms with E-state index in [4.69, 9.17) is 32.7 Å². The number of halogens is 2. The zero-order valence-corrected chi connectivity index (χ0v) is 19.3. The minimum Gasteiger partial charge on any atom is -0.494 e. The molecule has 7 nitrogen and oxygen atoms in total. The molecule has 0 spiro atoms. The fraction of sp³-hybridized carbons (Fsp3) is 0.409. The Labute approximate surface area is 190 Å². The molecule has 31 heavy (non-hydrogen) atoms. The van der Waals surface area contributed by atoms with Crippen LogP contribution in [-0.2, 0) is 11.3 Å². The fourth-order valence-electron chi connectivity index (χ4n) is 3.01. The van der Waals surface area contributed by atoms with Crippen molar-refractivity contribution in [1.29, 1.82) is 5.26 Å². The maximum Gasteiger partial charge on any atom is 0.271 e. The molecule has 0 fully saturated rings. The molecule has 1 aromatic carbocycles. The van der Waals surface area contributed by atoms with Crippen LogP contribution in [0.25, 0.3) is 0 Å². The molecule has 1 aromatic heterocycles. The van der Waals surface area contributed by atoms with Crippen molar-refractivity contribution in [2.75, 3.05) is 6.61 Å². The second-order valence-electron chi connectivity index (χ2n) is 7.24. The first-order valence-electron chi connectivity index (χ1n) is 9.72. The molecule has 1 unspecified atom stereocenters. The first-order chi connectivity index (χ1) is 14.6. The average molecular weight is 467 g/mol. The number of ether oxygens (including phenoxy) is 2. The number of hydrogen-bond acceptors (Lipinski definition) is 6. The van der Waals surface area contributed by atoms with Crippen molar-refractivity contribution in [3.05, 3.63) is 55.3 Å². The van der Waals surface area contributed by atoms with Gasteiger partial charge in [0.2, 0.25) is 11.7 Å². The van der Waals surface area contributed by atoms with E-state index in [0.29, 0.717) is 18.1 Å². The Kier molecular flexibility index (Phi) is 8.52. The summed E-state index contributed by atoms with van der Waals surface area (Å²) >= 11 is 12.0. The van der Waals surface area contributed by atoms with Crippen LogP contribution in [0.4, 0.5) is 0 Å². The third-order valence-electron chi connectivity index (χ3n) is 4.59. The van der Waals surface area contributed by atoms with Crippen LogP contribution in [0.15, 0.2) is 23.0 Å². The number of ketones is 1. The summed E-state index contributed by atoms with van der Waals surface area (Å²) in [5, 5.41) is 20.8. The molecule has 2 rings (SSSR count). The van der Waals surface area contributed by atoms with E-state index >= 15 is 0 Å². The van der Waals surface area contributed by atoms with Crippen LogP contribution in [0.2, 0.25) is 10.0 Å². The summed E-state index contributed by atoms with van der Waals surface area (Å²) in [6.07, 6.45) is -0.613. The summed E-state index contributed by atoms with van der Waals surface area (Å²) in [7, 11) is 0. The van der Waals surface area contributed by atoms with E-state index < -0.39 is 23.3 Å². The van der Waals surface area contributed by atoms with Crippen molar-refractivity contribution in [2.45, 2.75) is 52.9 Å². The van der Waals surface area contributed by atoms with Gasteiger partial charge in [0.05, 0.1) is 16.7 Å². The highest BCUT2D eigenvalue weighted by Crippen LogP contribution is 2.30. The predicted octanol–water partition coefficient (Wildman–Crippen LogP) is 4.51. The van der Waals surface area contributed by atoms with Crippen molar-refractivity contribution in [3.8, 4) is 17.7 Å². The van der Waals surface area contributed by atoms with Crippen molar-refractivity contribution in [1.82, 2.24) is 4.57 Å². The lowest BCUT2D eigenvalue weighted by molar-refractivity contribution is 0.0742. The molecule has 0 saturated heterocycles. The minimum absolute atomic E-state index is 0.0211. The third-order valence-corrected chi connectivity index (χ3v) is 5.12. The second kappa shape index (κ2) is 10.7. The van der Waals surface area contributed by atoms with Crippen LogP contribution in [0, 0.1) is 18.3 Å². The van der Waals surface area contributed by atoms with Gasteiger partial charge in [-0.15, -0.1) is 0 Å². The maximum atomic E-state index is 13.1. The Morgan fingerprint density at radius 3 is 2.55 bits per heavy atom. The van der Waals surface area contributed by atoms with Crippen LogP contribution >= 0.6 is 23.2 Å². The van der Waals surface area contributed by atoms with Crippen LogP contribution in [0.3, 0.4) is 0 Å². The van der Waals surface area contributed by atoms with Gasteiger partial charge in [-0.25, -0.2) is 0 Å². The summed E-state index contributed by atoms with van der Waals surface area (Å²) in [6, 6.07) is 6.40. The van der Waals surface area contributed by atoms with Crippen molar-refractivity contribution in [2.24, 2.45) is 0 Å². The number of rotatable bonds is 9. The number of benzene rings is 1. The van der Waals surface area contributed by atoms with E-state index in [-0.39, 0.29) is 40.1 Å². The van der Waals surface area contributed by atoms with Gasteiger partial charge in [-0.05, 0) is 57.9 Å². The number of nitrogens with zero attached hydrogens (tertiary/aromatic N) is 2. The Hall–Kier alpha value is -2.53. The van der Waals surface area contributed by atoms with Crippen LogP contribution in [0.5, 0.6) is 11.6 Å². The standard InChI is InChI=1S/C22H24Cl2N2O5/c1-12(2)30-9-5-8-26-21(28)16(11-25)13(3)19(22(26)29)20(27)14(4)31-18-7-6-15(23)10-17(18)24/h6-7,10,12,14,29H,5,8-9H2,1-4H3. The monoisotopic (exact) mass is 466 g/mol. The first kappa shape index (κ1) is 24.7. The molecule has 166 valence electrons. The smallest absolute Gasteiger partial charge is 0.271 e. The van der Waals surface area contributed by atoms with E-state index in [1.807, 2.05) is 19.9 Å². The van der Waals surface area contributed by atoms with Crippen molar-refractivity contribution < 1.29 is 19.4 Å². The summed E-state index contributed by atoms with van der Waals surface area (Å²) in [4.78, 5) is 25.8. The quantitative estimate of drug-likeness (QED) is 0.430. The SMILES string of the molecule is Cc1c(C(=O)C(C)Oc2ccc(Cl)cc2Cl)c(O)n(CCCOC(C)C)c(=O)c1C#N. The molecule has 0 amide bonds. The molecule has 1 atom stereocenters. The highest BCUT2D eigenvalue weighted by molar-refractivity contribution is 6.35. The number of hydrogen-bond donors (Lipinski definition) is 1. The summed E-state index contributed by atoms with van der Waals surface area (Å²) in [5.74, 6) is -0.859. The van der Waals surface area contributed by atoms with Gasteiger partial charge in [0.25, 0.3) is 5.56 Å². The number of carbonyl (C=O) groups is 1. The lowest BCUT2D eigenvalue weighted by atomic mass is 9.99. The molecule has 0 aliphatic carbocycles. The molecule has 1 heterocycles. The Balaban J connectivity index is 2.39. The molecule has 9 heteroatoms. The van der Waals surface area contributed by atoms with Gasteiger partial charge < -0.3 is 14.6 Å². The summed E-state index contributed by atoms with van der Waals surface area (Å²) in [6.45, 7) is 7.15. The Morgan fingerprint density at radius 2 is 1.97 bits per heavy atom. The highest BCUT2D eigenvalue weighted by Gasteiger charge is 2.28. The topological polar surface area (TPSA) is 102 Å². The second-order valence-corrected chi connectivity index (χ2v) is 8.08. The lowest BCUT2D eigenvalue weighted by Gasteiger charge is -2.19. The van der Waals surface area contributed by atoms with Gasteiger partial charge in [-0.1, -0.05) is 23.2 Å². The third kappa shape index (κ3) is 5.79. The molecular formula is C22H24Cl2N2O5. The van der Waals surface area contributed by atoms with Crippen LogP contribution < -0.4 is 10.3 Å². The zero-order valence-electron chi connectivity index (χ0n) is 17.7. The van der Waals surface area contributed by atoms with Crippen molar-refractivity contribution in [3.63, 3.8) is 0 Å². The number of nitriles is 1. The van der Waals surface area contributed by atoms with E-state index in [1.165, 1.54) is 26.0 Å². The maximum absolute atomic E-state index is 13.1. The number of aromatic nitrogens is 1. The normalized spacial score (nSPS) is 11.9. The van der Waals surface area contributed by atoms with E-state index in [9.17, 15) is 20.0 Å². The number of pyridine rings is 1. The Morgan fingerprint density at radius 1 is 1.29 bits per heavy atom. The largest absolute Gasteiger partial charge is 0.494 e. The fourth-order valence-corrected chi connectivity index (χ4v) is 3.47. The average Bonchev–Trinajstić information content (AvgIpc) is 2.69.